The van der Waals surface area contributed by atoms with E-state index in [1.54, 1.807) is 30.6 Å². The SMILES string of the molecule is Nc1nc(Cl)c2[nH]cnc2n1.Nc1nc(N2CCC[C@H]2c2nc3cccc(F)c3c(=O)n2-c2ccccc2)c2[nH]cnc2n1.O=c1c2c(F)cccc2nc([C@@H]2CCCN2)n1-c1ccccc1. The van der Waals surface area contributed by atoms with E-state index in [2.05, 4.69) is 55.1 Å². The Labute approximate surface area is 382 Å². The molecule has 0 radical (unpaired) electrons. The molecule has 2 fully saturated rings. The number of benzene rings is 4. The zero-order valence-electron chi connectivity index (χ0n) is 35.3. The number of nitrogens with two attached hydrogens (primary N) is 2. The minimum atomic E-state index is -0.591. The van der Waals surface area contributed by atoms with E-state index in [1.165, 1.54) is 27.6 Å². The number of H-pyrrole nitrogens is 2. The fraction of sp³-hybridized carbons (Fsp3) is 0.174. The first-order valence-electron chi connectivity index (χ1n) is 21.3. The average Bonchev–Trinajstić information content (AvgIpc) is 4.19. The van der Waals surface area contributed by atoms with Gasteiger partial charge in [-0.3, -0.25) is 18.7 Å². The number of nitrogens with one attached hydrogen (secondary N) is 3. The van der Waals surface area contributed by atoms with E-state index in [1.807, 2.05) is 60.7 Å². The van der Waals surface area contributed by atoms with Gasteiger partial charge in [-0.2, -0.15) is 19.9 Å². The number of hydrogen-bond donors (Lipinski definition) is 5. The van der Waals surface area contributed by atoms with Crippen LogP contribution in [0.2, 0.25) is 5.15 Å². The molecule has 8 heterocycles. The third-order valence-corrected chi connectivity index (χ3v) is 11.8. The van der Waals surface area contributed by atoms with Crippen molar-refractivity contribution in [1.82, 2.24) is 64.3 Å². The summed E-state index contributed by atoms with van der Waals surface area (Å²) in [4.78, 5) is 68.3. The predicted molar refractivity (Wildman–Crippen MR) is 251 cm³/mol. The summed E-state index contributed by atoms with van der Waals surface area (Å²) in [6, 6.07) is 27.3. The van der Waals surface area contributed by atoms with E-state index in [4.69, 9.17) is 28.1 Å². The molecule has 4 aromatic carbocycles. The van der Waals surface area contributed by atoms with Crippen LogP contribution in [-0.4, -0.2) is 72.1 Å². The van der Waals surface area contributed by atoms with Crippen LogP contribution in [0.5, 0.6) is 0 Å². The van der Waals surface area contributed by atoms with Gasteiger partial charge in [-0.05, 0) is 80.8 Å². The number of nitrogens with zero attached hydrogens (tertiary/aromatic N) is 11. The first kappa shape index (κ1) is 42.7. The number of aromatic nitrogens is 12. The van der Waals surface area contributed by atoms with Crippen LogP contribution in [0.25, 0.3) is 55.5 Å². The summed E-state index contributed by atoms with van der Waals surface area (Å²) in [5.74, 6) is 0.899. The first-order chi connectivity index (χ1) is 32.6. The molecule has 18 nitrogen and oxygen atoms in total. The number of halogens is 3. The highest BCUT2D eigenvalue weighted by atomic mass is 35.5. The lowest BCUT2D eigenvalue weighted by molar-refractivity contribution is 0.581. The van der Waals surface area contributed by atoms with Gasteiger partial charge in [0.15, 0.2) is 22.3 Å². The highest BCUT2D eigenvalue weighted by molar-refractivity contribution is 6.33. The molecule has 0 aliphatic carbocycles. The zero-order chi connectivity index (χ0) is 46.2. The topological polar surface area (TPSA) is 246 Å². The second-order valence-corrected chi connectivity index (χ2v) is 16.0. The summed E-state index contributed by atoms with van der Waals surface area (Å²) in [6.07, 6.45) is 6.58. The number of imidazole rings is 2. The average molecular weight is 921 g/mol. The first-order valence-corrected chi connectivity index (χ1v) is 21.6. The number of nitrogen functional groups attached to an aromatic ring is 2. The maximum Gasteiger partial charge on any atom is 0.269 e. The van der Waals surface area contributed by atoms with Crippen molar-refractivity contribution in [2.75, 3.05) is 29.5 Å². The van der Waals surface area contributed by atoms with Gasteiger partial charge in [0.1, 0.15) is 45.1 Å². The Morgan fingerprint density at radius 1 is 0.612 bits per heavy atom. The Bertz CT molecular complexity index is 3560. The Balaban J connectivity index is 0.000000133. The Morgan fingerprint density at radius 3 is 1.76 bits per heavy atom. The quantitative estimate of drug-likeness (QED) is 0.114. The lowest BCUT2D eigenvalue weighted by Gasteiger charge is -2.28. The number of aromatic amines is 2. The molecule has 6 aromatic heterocycles. The predicted octanol–water partition coefficient (Wildman–Crippen LogP) is 6.65. The van der Waals surface area contributed by atoms with E-state index in [-0.39, 0.29) is 40.3 Å². The maximum absolute atomic E-state index is 14.7. The van der Waals surface area contributed by atoms with Gasteiger partial charge in [-0.25, -0.2) is 28.7 Å². The van der Waals surface area contributed by atoms with Gasteiger partial charge in [-0.15, -0.1) is 0 Å². The molecule has 0 unspecified atom stereocenters. The number of para-hydroxylation sites is 2. The molecule has 2 atom stereocenters. The van der Waals surface area contributed by atoms with E-state index >= 15 is 0 Å². The molecular formula is C46H39ClF2N16O2. The molecule has 0 bridgehead atoms. The zero-order valence-corrected chi connectivity index (χ0v) is 36.1. The molecule has 12 rings (SSSR count). The van der Waals surface area contributed by atoms with Crippen LogP contribution in [0, 0.1) is 11.6 Å². The van der Waals surface area contributed by atoms with Gasteiger partial charge in [0, 0.05) is 6.54 Å². The molecule has 2 aliphatic heterocycles. The number of hydrogen-bond acceptors (Lipinski definition) is 14. The summed E-state index contributed by atoms with van der Waals surface area (Å²) in [7, 11) is 0. The molecule has 7 N–H and O–H groups in total. The number of anilines is 3. The summed E-state index contributed by atoms with van der Waals surface area (Å²) in [6.45, 7) is 1.58. The van der Waals surface area contributed by atoms with Crippen molar-refractivity contribution in [2.24, 2.45) is 0 Å². The molecule has 2 saturated heterocycles. The highest BCUT2D eigenvalue weighted by Gasteiger charge is 2.34. The third-order valence-electron chi connectivity index (χ3n) is 11.5. The van der Waals surface area contributed by atoms with Crippen LogP contribution in [-0.2, 0) is 0 Å². The van der Waals surface area contributed by atoms with E-state index in [0.717, 1.165) is 32.2 Å². The van der Waals surface area contributed by atoms with Gasteiger partial charge in [0.2, 0.25) is 11.9 Å². The maximum atomic E-state index is 14.7. The second kappa shape index (κ2) is 18.0. The Hall–Kier alpha value is -8.23. The molecule has 2 aliphatic rings. The molecular weight excluding hydrogens is 882 g/mol. The van der Waals surface area contributed by atoms with E-state index in [0.29, 0.717) is 73.9 Å². The largest absolute Gasteiger partial charge is 0.368 e. The Kier molecular flexibility index (Phi) is 11.5. The van der Waals surface area contributed by atoms with Crippen LogP contribution in [0.15, 0.2) is 119 Å². The second-order valence-electron chi connectivity index (χ2n) is 15.6. The standard InChI is InChI=1S/C23H19FN8O.C18H16FN3O.C5H4ClN5/c24-14-8-4-9-15-17(14)22(33)32(13-6-2-1-3-7-13)20(28-15)16-10-5-11-31(16)21-18-19(27-12-26-18)29-23(25)30-21;19-13-8-4-9-14-16(13)18(23)22(12-6-2-1-3-7-12)17(21-14)15-10-5-11-20-15;6-3-2-4(9-1-8-2)11-5(7)10-3/h1-4,6-9,12,16H,5,10-11H2,(H3,25,26,27,29,30);1-4,6-9,15,20H,5,10-11H2;1H,(H3,7,8,9,10,11)/t16-;15-;/m00./s1. The molecule has 67 heavy (non-hydrogen) atoms. The molecule has 0 amide bonds. The van der Waals surface area contributed by atoms with E-state index in [9.17, 15) is 18.4 Å². The van der Waals surface area contributed by atoms with Crippen molar-refractivity contribution < 1.29 is 8.78 Å². The van der Waals surface area contributed by atoms with Gasteiger partial charge < -0.3 is 31.7 Å². The molecule has 336 valence electrons. The van der Waals surface area contributed by atoms with Crippen molar-refractivity contribution in [2.45, 2.75) is 37.8 Å². The van der Waals surface area contributed by atoms with Crippen LogP contribution in [0.3, 0.4) is 0 Å². The van der Waals surface area contributed by atoms with Crippen LogP contribution in [0.1, 0.15) is 49.4 Å². The third kappa shape index (κ3) is 8.12. The van der Waals surface area contributed by atoms with E-state index < -0.39 is 17.2 Å². The van der Waals surface area contributed by atoms with Gasteiger partial charge in [0.25, 0.3) is 11.1 Å². The van der Waals surface area contributed by atoms with Gasteiger partial charge in [-0.1, -0.05) is 60.1 Å². The molecule has 0 saturated carbocycles. The smallest absolute Gasteiger partial charge is 0.269 e. The van der Waals surface area contributed by atoms with Crippen molar-refractivity contribution >= 4 is 73.4 Å². The monoisotopic (exact) mass is 920 g/mol. The molecule has 0 spiro atoms. The van der Waals surface area contributed by atoms with Gasteiger partial charge >= 0.3 is 0 Å². The number of fused-ring (bicyclic) bond motifs is 4. The lowest BCUT2D eigenvalue weighted by Crippen LogP contribution is -2.32. The highest BCUT2D eigenvalue weighted by Crippen LogP contribution is 2.38. The summed E-state index contributed by atoms with van der Waals surface area (Å²) < 4.78 is 31.9. The molecule has 10 aromatic rings. The van der Waals surface area contributed by atoms with Crippen LogP contribution < -0.4 is 32.8 Å². The Morgan fingerprint density at radius 2 is 1.16 bits per heavy atom. The minimum Gasteiger partial charge on any atom is -0.368 e. The fourth-order valence-electron chi connectivity index (χ4n) is 8.57. The van der Waals surface area contributed by atoms with Crippen LogP contribution >= 0.6 is 11.6 Å². The summed E-state index contributed by atoms with van der Waals surface area (Å²) in [5, 5.41) is 3.68. The minimum absolute atomic E-state index is 0.00979. The summed E-state index contributed by atoms with van der Waals surface area (Å²) in [5.41, 5.74) is 14.8. The summed E-state index contributed by atoms with van der Waals surface area (Å²) >= 11 is 5.70. The fourth-order valence-corrected chi connectivity index (χ4v) is 8.80. The van der Waals surface area contributed by atoms with Crippen molar-refractivity contribution in [1.29, 1.82) is 0 Å². The number of rotatable bonds is 5. The van der Waals surface area contributed by atoms with Crippen molar-refractivity contribution in [3.8, 4) is 11.4 Å². The van der Waals surface area contributed by atoms with Crippen molar-refractivity contribution in [3.63, 3.8) is 0 Å². The van der Waals surface area contributed by atoms with Crippen molar-refractivity contribution in [3.05, 3.63) is 159 Å². The van der Waals surface area contributed by atoms with Crippen LogP contribution in [0.4, 0.5) is 26.5 Å². The normalized spacial score (nSPS) is 15.8. The molecule has 21 heteroatoms. The van der Waals surface area contributed by atoms with Gasteiger partial charge in [0.05, 0.1) is 47.1 Å². The lowest BCUT2D eigenvalue weighted by atomic mass is 10.1.